The molecule has 6 nitrogen and oxygen atoms in total. The summed E-state index contributed by atoms with van der Waals surface area (Å²) in [5.74, 6) is -1.14. The number of hydrogen-bond donors (Lipinski definition) is 2. The van der Waals surface area contributed by atoms with E-state index in [0.717, 1.165) is 11.1 Å². The van der Waals surface area contributed by atoms with Crippen molar-refractivity contribution in [1.29, 1.82) is 0 Å². The summed E-state index contributed by atoms with van der Waals surface area (Å²) in [6, 6.07) is 23.7. The second-order valence-corrected chi connectivity index (χ2v) is 8.45. The number of aliphatic carboxylic acids is 1. The maximum atomic E-state index is 13.6. The van der Waals surface area contributed by atoms with Crippen LogP contribution in [0.15, 0.2) is 84.9 Å². The molecule has 3 aromatic carbocycles. The van der Waals surface area contributed by atoms with Gasteiger partial charge in [0.05, 0.1) is 18.5 Å². The van der Waals surface area contributed by atoms with Gasteiger partial charge in [0.25, 0.3) is 0 Å². The van der Waals surface area contributed by atoms with Crippen LogP contribution >= 0.6 is 7.60 Å². The molecular weight excluding hydrogens is 389 g/mol. The van der Waals surface area contributed by atoms with Crippen molar-refractivity contribution in [3.8, 4) is 0 Å². The molecule has 0 saturated heterocycles. The van der Waals surface area contributed by atoms with Gasteiger partial charge in [0.2, 0.25) is 0 Å². The Bertz CT molecular complexity index is 930. The molecule has 0 heterocycles. The molecule has 0 radical (unpaired) electrons. The first-order valence-electron chi connectivity index (χ1n) is 9.04. The van der Waals surface area contributed by atoms with E-state index in [9.17, 15) is 9.36 Å². The Hall–Kier alpha value is -2.76. The summed E-state index contributed by atoms with van der Waals surface area (Å²) in [5.41, 5.74) is 7.76. The molecule has 0 spiro atoms. The van der Waals surface area contributed by atoms with Crippen LogP contribution in [0.2, 0.25) is 0 Å². The number of carbonyl (C=O) groups is 1. The first-order chi connectivity index (χ1) is 14.0. The van der Waals surface area contributed by atoms with E-state index in [2.05, 4.69) is 0 Å². The van der Waals surface area contributed by atoms with Crippen molar-refractivity contribution in [1.82, 2.24) is 0 Å². The lowest BCUT2D eigenvalue weighted by molar-refractivity contribution is -0.138. The molecule has 3 rings (SSSR count). The molecule has 1 atom stereocenters. The molecule has 0 amide bonds. The van der Waals surface area contributed by atoms with Gasteiger partial charge in [0, 0.05) is 0 Å². The summed E-state index contributed by atoms with van der Waals surface area (Å²) in [7, 11) is -3.66. The Balaban J connectivity index is 1.82. The SMILES string of the molecule is NC(C(=O)O)c1ccc(P(=O)(OCc2ccccc2)OCc2ccccc2)cc1. The van der Waals surface area contributed by atoms with Gasteiger partial charge in [-0.3, -0.25) is 9.36 Å². The summed E-state index contributed by atoms with van der Waals surface area (Å²) in [4.78, 5) is 11.1. The number of nitrogens with two attached hydrogens (primary N) is 1. The third-order valence-corrected chi connectivity index (χ3v) is 6.19. The van der Waals surface area contributed by atoms with E-state index in [0.29, 0.717) is 10.9 Å². The molecule has 0 aliphatic carbocycles. The Morgan fingerprint density at radius 3 is 1.69 bits per heavy atom. The normalized spacial score (nSPS) is 12.4. The van der Waals surface area contributed by atoms with Gasteiger partial charge in [0.1, 0.15) is 6.04 Å². The van der Waals surface area contributed by atoms with Crippen LogP contribution in [-0.4, -0.2) is 11.1 Å². The smallest absolute Gasteiger partial charge is 0.361 e. The number of carboxylic acid groups (broad SMARTS) is 1. The van der Waals surface area contributed by atoms with E-state index in [1.807, 2.05) is 60.7 Å². The van der Waals surface area contributed by atoms with Crippen molar-refractivity contribution in [3.63, 3.8) is 0 Å². The van der Waals surface area contributed by atoms with Crippen molar-refractivity contribution < 1.29 is 23.5 Å². The molecule has 0 bridgehead atoms. The van der Waals surface area contributed by atoms with Crippen LogP contribution in [0.3, 0.4) is 0 Å². The van der Waals surface area contributed by atoms with Gasteiger partial charge in [0.15, 0.2) is 0 Å². The topological polar surface area (TPSA) is 98.9 Å². The van der Waals surface area contributed by atoms with E-state index in [1.165, 1.54) is 24.3 Å². The standard InChI is InChI=1S/C22H22NO5P/c23-21(22(24)25)19-11-13-20(14-12-19)29(26,27-15-17-7-3-1-4-8-17)28-16-18-9-5-2-6-10-18/h1-14,21H,15-16,23H2,(H,24,25). The van der Waals surface area contributed by atoms with Crippen LogP contribution in [0.1, 0.15) is 22.7 Å². The number of hydrogen-bond acceptors (Lipinski definition) is 5. The van der Waals surface area contributed by atoms with Crippen LogP contribution in [0, 0.1) is 0 Å². The highest BCUT2D eigenvalue weighted by atomic mass is 31.2. The van der Waals surface area contributed by atoms with Crippen LogP contribution in [0.5, 0.6) is 0 Å². The van der Waals surface area contributed by atoms with Gasteiger partial charge in [-0.15, -0.1) is 0 Å². The van der Waals surface area contributed by atoms with Crippen molar-refractivity contribution in [2.24, 2.45) is 5.73 Å². The predicted molar refractivity (Wildman–Crippen MR) is 111 cm³/mol. The van der Waals surface area contributed by atoms with E-state index >= 15 is 0 Å². The number of benzene rings is 3. The zero-order chi connectivity index (χ0) is 20.7. The van der Waals surface area contributed by atoms with Crippen LogP contribution in [0.25, 0.3) is 0 Å². The van der Waals surface area contributed by atoms with Gasteiger partial charge in [-0.2, -0.15) is 0 Å². The van der Waals surface area contributed by atoms with E-state index in [-0.39, 0.29) is 13.2 Å². The van der Waals surface area contributed by atoms with Gasteiger partial charge in [-0.1, -0.05) is 72.8 Å². The summed E-state index contributed by atoms with van der Waals surface area (Å²) in [6.07, 6.45) is 0. The van der Waals surface area contributed by atoms with Crippen molar-refractivity contribution in [3.05, 3.63) is 102 Å². The molecule has 0 aliphatic rings. The first-order valence-corrected chi connectivity index (χ1v) is 10.6. The average molecular weight is 411 g/mol. The zero-order valence-electron chi connectivity index (χ0n) is 15.7. The molecule has 0 fully saturated rings. The van der Waals surface area contributed by atoms with Gasteiger partial charge in [-0.25, -0.2) is 0 Å². The van der Waals surface area contributed by atoms with Gasteiger partial charge >= 0.3 is 13.6 Å². The fourth-order valence-electron chi connectivity index (χ4n) is 2.66. The molecule has 0 aromatic heterocycles. The van der Waals surface area contributed by atoms with E-state index in [1.54, 1.807) is 0 Å². The number of carboxylic acids is 1. The third-order valence-electron chi connectivity index (χ3n) is 4.32. The van der Waals surface area contributed by atoms with Gasteiger partial charge < -0.3 is 19.9 Å². The number of rotatable bonds is 9. The zero-order valence-corrected chi connectivity index (χ0v) is 16.6. The largest absolute Gasteiger partial charge is 0.480 e. The predicted octanol–water partition coefficient (Wildman–Crippen LogP) is 4.02. The molecule has 0 aliphatic heterocycles. The highest BCUT2D eigenvalue weighted by molar-refractivity contribution is 7.62. The van der Waals surface area contributed by atoms with Crippen molar-refractivity contribution >= 4 is 18.9 Å². The fourth-order valence-corrected chi connectivity index (χ4v) is 4.19. The van der Waals surface area contributed by atoms with E-state index in [4.69, 9.17) is 19.9 Å². The molecule has 0 saturated carbocycles. The highest BCUT2D eigenvalue weighted by Crippen LogP contribution is 2.48. The molecule has 150 valence electrons. The lowest BCUT2D eigenvalue weighted by atomic mass is 10.1. The van der Waals surface area contributed by atoms with Crippen molar-refractivity contribution in [2.45, 2.75) is 19.3 Å². The Morgan fingerprint density at radius 2 is 1.28 bits per heavy atom. The Morgan fingerprint density at radius 1 is 0.828 bits per heavy atom. The summed E-state index contributed by atoms with van der Waals surface area (Å²) in [5, 5.41) is 9.39. The van der Waals surface area contributed by atoms with Crippen LogP contribution in [0.4, 0.5) is 0 Å². The van der Waals surface area contributed by atoms with Gasteiger partial charge in [-0.05, 0) is 28.8 Å². The minimum Gasteiger partial charge on any atom is -0.480 e. The summed E-state index contributed by atoms with van der Waals surface area (Å²) in [6.45, 7) is 0.229. The summed E-state index contributed by atoms with van der Waals surface area (Å²) < 4.78 is 25.1. The lowest BCUT2D eigenvalue weighted by Crippen LogP contribution is -2.21. The van der Waals surface area contributed by atoms with E-state index < -0.39 is 19.6 Å². The maximum Gasteiger partial charge on any atom is 0.361 e. The quantitative estimate of drug-likeness (QED) is 0.516. The Labute approximate surface area is 169 Å². The molecular formula is C22H22NO5P. The van der Waals surface area contributed by atoms with Crippen LogP contribution < -0.4 is 11.0 Å². The average Bonchev–Trinajstić information content (AvgIpc) is 2.77. The molecule has 1 unspecified atom stereocenters. The monoisotopic (exact) mass is 411 g/mol. The second-order valence-electron chi connectivity index (χ2n) is 6.42. The summed E-state index contributed by atoms with van der Waals surface area (Å²) >= 11 is 0. The molecule has 3 N–H and O–H groups in total. The lowest BCUT2D eigenvalue weighted by Gasteiger charge is -2.20. The van der Waals surface area contributed by atoms with Crippen LogP contribution in [-0.2, 0) is 31.6 Å². The maximum absolute atomic E-state index is 13.6. The highest BCUT2D eigenvalue weighted by Gasteiger charge is 2.28. The molecule has 7 heteroatoms. The minimum atomic E-state index is -3.66. The second kappa shape index (κ2) is 9.63. The fraction of sp³-hybridized carbons (Fsp3) is 0.136. The first kappa shape index (κ1) is 21.0. The van der Waals surface area contributed by atoms with Crippen molar-refractivity contribution in [2.75, 3.05) is 0 Å². The molecule has 29 heavy (non-hydrogen) atoms. The molecule has 3 aromatic rings. The third kappa shape index (κ3) is 5.62. The Kier molecular flexibility index (Phi) is 6.96. The minimum absolute atomic E-state index is 0.114.